The van der Waals surface area contributed by atoms with Crippen LogP contribution in [0.1, 0.15) is 52.9 Å². The number of methoxy groups -OCH3 is 1. The van der Waals surface area contributed by atoms with Crippen LogP contribution in [-0.4, -0.2) is 44.3 Å². The summed E-state index contributed by atoms with van der Waals surface area (Å²) in [6.07, 6.45) is 6.73. The van der Waals surface area contributed by atoms with Crippen LogP contribution in [0.5, 0.6) is 0 Å². The minimum atomic E-state index is 0.669. The van der Waals surface area contributed by atoms with Crippen molar-refractivity contribution < 1.29 is 4.74 Å². The first-order valence-electron chi connectivity index (χ1n) is 8.55. The third-order valence-electron chi connectivity index (χ3n) is 4.72. The average molecular weight is 284 g/mol. The lowest BCUT2D eigenvalue weighted by Crippen LogP contribution is -2.49. The summed E-state index contributed by atoms with van der Waals surface area (Å²) in [7, 11) is 1.80. The average Bonchev–Trinajstić information content (AvgIpc) is 2.43. The van der Waals surface area contributed by atoms with Crippen LogP contribution >= 0.6 is 0 Å². The Balaban J connectivity index is 2.69. The van der Waals surface area contributed by atoms with Crippen molar-refractivity contribution in [3.8, 4) is 0 Å². The number of hydrogen-bond donors (Lipinski definition) is 1. The van der Waals surface area contributed by atoms with E-state index in [0.29, 0.717) is 17.9 Å². The van der Waals surface area contributed by atoms with Crippen molar-refractivity contribution in [2.45, 2.75) is 58.9 Å². The molecule has 0 aromatic carbocycles. The zero-order valence-electron chi connectivity index (χ0n) is 14.1. The third kappa shape index (κ3) is 5.71. The van der Waals surface area contributed by atoms with Crippen molar-refractivity contribution in [2.75, 3.05) is 33.4 Å². The van der Waals surface area contributed by atoms with Crippen LogP contribution in [-0.2, 0) is 4.74 Å². The predicted molar refractivity (Wildman–Crippen MR) is 86.9 cm³/mol. The second kappa shape index (κ2) is 9.75. The fourth-order valence-corrected chi connectivity index (χ4v) is 3.76. The van der Waals surface area contributed by atoms with Gasteiger partial charge in [0.05, 0.1) is 6.61 Å². The lowest BCUT2D eigenvalue weighted by atomic mass is 9.75. The van der Waals surface area contributed by atoms with Crippen LogP contribution in [0.15, 0.2) is 0 Å². The molecular weight excluding hydrogens is 248 g/mol. The standard InChI is InChI=1S/C17H36N2O/c1-5-6-15-7-8-16(12-18)17(11-15)19(9-10-20-4)13-14(2)3/h14-17H,5-13,18H2,1-4H3. The molecule has 0 spiro atoms. The molecule has 3 nitrogen and oxygen atoms in total. The molecule has 3 unspecified atom stereocenters. The van der Waals surface area contributed by atoms with Gasteiger partial charge in [0.15, 0.2) is 0 Å². The molecule has 0 bridgehead atoms. The lowest BCUT2D eigenvalue weighted by molar-refractivity contribution is 0.0471. The monoisotopic (exact) mass is 284 g/mol. The first-order valence-corrected chi connectivity index (χ1v) is 8.55. The van der Waals surface area contributed by atoms with Gasteiger partial charge in [-0.25, -0.2) is 0 Å². The molecule has 0 aromatic heterocycles. The minimum Gasteiger partial charge on any atom is -0.383 e. The second-order valence-electron chi connectivity index (χ2n) is 6.91. The number of rotatable bonds is 9. The fraction of sp³-hybridized carbons (Fsp3) is 1.00. The van der Waals surface area contributed by atoms with Crippen molar-refractivity contribution in [1.29, 1.82) is 0 Å². The summed E-state index contributed by atoms with van der Waals surface area (Å²) in [6.45, 7) is 10.8. The maximum Gasteiger partial charge on any atom is 0.0589 e. The number of nitrogens with zero attached hydrogens (tertiary/aromatic N) is 1. The van der Waals surface area contributed by atoms with Gasteiger partial charge in [-0.05, 0) is 37.1 Å². The smallest absolute Gasteiger partial charge is 0.0589 e. The first kappa shape index (κ1) is 17.9. The van der Waals surface area contributed by atoms with Crippen LogP contribution in [0.25, 0.3) is 0 Å². The van der Waals surface area contributed by atoms with E-state index in [1.807, 2.05) is 0 Å². The van der Waals surface area contributed by atoms with Gasteiger partial charge in [-0.15, -0.1) is 0 Å². The van der Waals surface area contributed by atoms with Crippen LogP contribution in [0, 0.1) is 17.8 Å². The fourth-order valence-electron chi connectivity index (χ4n) is 3.76. The second-order valence-corrected chi connectivity index (χ2v) is 6.91. The molecule has 0 aliphatic heterocycles. The Morgan fingerprint density at radius 2 is 2.05 bits per heavy atom. The van der Waals surface area contributed by atoms with Gasteiger partial charge in [0.1, 0.15) is 0 Å². The summed E-state index contributed by atoms with van der Waals surface area (Å²) in [5, 5.41) is 0. The van der Waals surface area contributed by atoms with E-state index in [0.717, 1.165) is 25.6 Å². The van der Waals surface area contributed by atoms with Gasteiger partial charge in [-0.2, -0.15) is 0 Å². The Morgan fingerprint density at radius 3 is 2.60 bits per heavy atom. The first-order chi connectivity index (χ1) is 9.62. The molecule has 3 atom stereocenters. The molecule has 2 N–H and O–H groups in total. The van der Waals surface area contributed by atoms with Gasteiger partial charge in [-0.1, -0.05) is 40.0 Å². The predicted octanol–water partition coefficient (Wildman–Crippen LogP) is 3.13. The van der Waals surface area contributed by atoms with Gasteiger partial charge < -0.3 is 10.5 Å². The summed E-state index contributed by atoms with van der Waals surface area (Å²) in [4.78, 5) is 2.66. The molecule has 1 saturated carbocycles. The molecule has 120 valence electrons. The molecule has 1 rings (SSSR count). The Hall–Kier alpha value is -0.120. The quantitative estimate of drug-likeness (QED) is 0.707. The third-order valence-corrected chi connectivity index (χ3v) is 4.72. The van der Waals surface area contributed by atoms with Gasteiger partial charge in [-0.3, -0.25) is 4.90 Å². The van der Waals surface area contributed by atoms with Crippen LogP contribution < -0.4 is 5.73 Å². The lowest BCUT2D eigenvalue weighted by Gasteiger charge is -2.43. The van der Waals surface area contributed by atoms with E-state index in [1.54, 1.807) is 7.11 Å². The highest BCUT2D eigenvalue weighted by Crippen LogP contribution is 2.34. The Labute approximate surface area is 126 Å². The Kier molecular flexibility index (Phi) is 8.74. The van der Waals surface area contributed by atoms with Crippen molar-refractivity contribution in [3.63, 3.8) is 0 Å². The number of hydrogen-bond acceptors (Lipinski definition) is 3. The van der Waals surface area contributed by atoms with Crippen molar-refractivity contribution in [3.05, 3.63) is 0 Å². The maximum absolute atomic E-state index is 6.05. The normalized spacial score (nSPS) is 27.4. The van der Waals surface area contributed by atoms with E-state index in [4.69, 9.17) is 10.5 Å². The Bertz CT molecular complexity index is 245. The molecular formula is C17H36N2O. The molecule has 1 aliphatic carbocycles. The van der Waals surface area contributed by atoms with Crippen LogP contribution in [0.3, 0.4) is 0 Å². The van der Waals surface area contributed by atoms with Crippen molar-refractivity contribution in [1.82, 2.24) is 4.90 Å². The van der Waals surface area contributed by atoms with Gasteiger partial charge in [0.25, 0.3) is 0 Å². The van der Waals surface area contributed by atoms with Crippen molar-refractivity contribution >= 4 is 0 Å². The highest BCUT2D eigenvalue weighted by molar-refractivity contribution is 4.87. The summed E-state index contributed by atoms with van der Waals surface area (Å²) in [5.74, 6) is 2.29. The molecule has 0 saturated heterocycles. The maximum atomic E-state index is 6.05. The van der Waals surface area contributed by atoms with E-state index < -0.39 is 0 Å². The van der Waals surface area contributed by atoms with Crippen LogP contribution in [0.2, 0.25) is 0 Å². The molecule has 3 heteroatoms. The Morgan fingerprint density at radius 1 is 1.30 bits per heavy atom. The van der Waals surface area contributed by atoms with Gasteiger partial charge in [0.2, 0.25) is 0 Å². The summed E-state index contributed by atoms with van der Waals surface area (Å²) in [5.41, 5.74) is 6.05. The highest BCUT2D eigenvalue weighted by Gasteiger charge is 2.33. The van der Waals surface area contributed by atoms with E-state index in [9.17, 15) is 0 Å². The number of nitrogens with two attached hydrogens (primary N) is 1. The SMILES string of the molecule is CCCC1CCC(CN)C(N(CCOC)CC(C)C)C1. The molecule has 0 heterocycles. The van der Waals surface area contributed by atoms with Gasteiger partial charge in [0, 0.05) is 26.2 Å². The zero-order chi connectivity index (χ0) is 15.0. The molecule has 1 fully saturated rings. The van der Waals surface area contributed by atoms with E-state index >= 15 is 0 Å². The summed E-state index contributed by atoms with van der Waals surface area (Å²) < 4.78 is 5.32. The van der Waals surface area contributed by atoms with E-state index in [2.05, 4.69) is 25.7 Å². The minimum absolute atomic E-state index is 0.669. The van der Waals surface area contributed by atoms with Gasteiger partial charge >= 0.3 is 0 Å². The summed E-state index contributed by atoms with van der Waals surface area (Å²) >= 11 is 0. The largest absolute Gasteiger partial charge is 0.383 e. The molecule has 0 aromatic rings. The molecule has 20 heavy (non-hydrogen) atoms. The highest BCUT2D eigenvalue weighted by atomic mass is 16.5. The zero-order valence-corrected chi connectivity index (χ0v) is 14.1. The molecule has 0 amide bonds. The topological polar surface area (TPSA) is 38.5 Å². The molecule has 1 aliphatic rings. The van der Waals surface area contributed by atoms with E-state index in [1.165, 1.54) is 38.6 Å². The van der Waals surface area contributed by atoms with Crippen molar-refractivity contribution in [2.24, 2.45) is 23.5 Å². The number of ether oxygens (including phenoxy) is 1. The summed E-state index contributed by atoms with van der Waals surface area (Å²) in [6, 6.07) is 0.669. The van der Waals surface area contributed by atoms with Crippen LogP contribution in [0.4, 0.5) is 0 Å². The van der Waals surface area contributed by atoms with E-state index in [-0.39, 0.29) is 0 Å². The molecule has 0 radical (unpaired) electrons.